The van der Waals surface area contributed by atoms with Crippen LogP contribution >= 0.6 is 0 Å². The molecule has 0 aromatic heterocycles. The molecule has 1 unspecified atom stereocenters. The van der Waals surface area contributed by atoms with Crippen molar-refractivity contribution in [2.45, 2.75) is 45.6 Å². The Bertz CT molecular complexity index is 873. The number of halogens is 1. The molecule has 0 radical (unpaired) electrons. The molecule has 0 heterocycles. The highest BCUT2D eigenvalue weighted by molar-refractivity contribution is 5.72. The minimum atomic E-state index is -0.998. The van der Waals surface area contributed by atoms with Crippen molar-refractivity contribution in [2.75, 3.05) is 26.3 Å². The van der Waals surface area contributed by atoms with Crippen LogP contribution < -0.4 is 9.47 Å². The van der Waals surface area contributed by atoms with Crippen molar-refractivity contribution in [3.63, 3.8) is 0 Å². The fraction of sp³-hybridized carbons (Fsp3) is 0.440. The summed E-state index contributed by atoms with van der Waals surface area (Å²) in [7, 11) is 0. The topological polar surface area (TPSA) is 85.3 Å². The van der Waals surface area contributed by atoms with Crippen LogP contribution in [0.15, 0.2) is 48.5 Å². The van der Waals surface area contributed by atoms with Gasteiger partial charge < -0.3 is 24.2 Å². The molecule has 2 aromatic rings. The monoisotopic (exact) mass is 461 g/mol. The van der Waals surface area contributed by atoms with Crippen molar-refractivity contribution < 1.29 is 33.3 Å². The van der Waals surface area contributed by atoms with Gasteiger partial charge in [0.15, 0.2) is 17.7 Å². The van der Waals surface area contributed by atoms with Crippen molar-refractivity contribution in [1.82, 2.24) is 4.90 Å². The molecular weight excluding hydrogens is 429 g/mol. The highest BCUT2D eigenvalue weighted by Crippen LogP contribution is 2.18. The molecule has 33 heavy (non-hydrogen) atoms. The van der Waals surface area contributed by atoms with E-state index in [1.807, 2.05) is 0 Å². The zero-order valence-electron chi connectivity index (χ0n) is 19.2. The van der Waals surface area contributed by atoms with E-state index in [9.17, 15) is 19.1 Å². The maximum atomic E-state index is 13.8. The Morgan fingerprint density at radius 1 is 1.03 bits per heavy atom. The van der Waals surface area contributed by atoms with Gasteiger partial charge in [-0.15, -0.1) is 0 Å². The highest BCUT2D eigenvalue weighted by atomic mass is 19.1. The Labute approximate surface area is 194 Å². The van der Waals surface area contributed by atoms with Crippen LogP contribution in [0, 0.1) is 5.82 Å². The summed E-state index contributed by atoms with van der Waals surface area (Å²) < 4.78 is 30.0. The minimum Gasteiger partial charge on any atom is -0.492 e. The van der Waals surface area contributed by atoms with Crippen molar-refractivity contribution in [3.05, 3.63) is 59.9 Å². The molecular formula is C25H32FNO6. The molecule has 0 aliphatic carbocycles. The minimum absolute atomic E-state index is 0.105. The molecule has 1 atom stereocenters. The molecule has 0 aliphatic rings. The largest absolute Gasteiger partial charge is 0.492 e. The predicted molar refractivity (Wildman–Crippen MR) is 122 cm³/mol. The first-order valence-corrected chi connectivity index (χ1v) is 11.2. The summed E-state index contributed by atoms with van der Waals surface area (Å²) in [6, 6.07) is 12.9. The molecule has 180 valence electrons. The number of rotatable bonds is 14. The van der Waals surface area contributed by atoms with Crippen molar-refractivity contribution >= 4 is 12.1 Å². The molecule has 1 N–H and O–H groups in total. The van der Waals surface area contributed by atoms with Crippen molar-refractivity contribution in [1.29, 1.82) is 0 Å². The summed E-state index contributed by atoms with van der Waals surface area (Å²) in [4.78, 5) is 25.3. The summed E-state index contributed by atoms with van der Waals surface area (Å²) in [5, 5.41) is 9.21. The zero-order valence-corrected chi connectivity index (χ0v) is 19.2. The number of aliphatic carboxylic acids is 1. The maximum Gasteiger partial charge on any atom is 0.415 e. The number of ether oxygens (including phenoxy) is 3. The zero-order chi connectivity index (χ0) is 24.1. The average Bonchev–Trinajstić information content (AvgIpc) is 2.80. The van der Waals surface area contributed by atoms with Crippen LogP contribution in [0.5, 0.6) is 11.5 Å². The number of carboxylic acids is 1. The lowest BCUT2D eigenvalue weighted by Gasteiger charge is -2.22. The fourth-order valence-corrected chi connectivity index (χ4v) is 3.16. The predicted octanol–water partition coefficient (Wildman–Crippen LogP) is 4.93. The van der Waals surface area contributed by atoms with E-state index >= 15 is 0 Å². The second kappa shape index (κ2) is 14.1. The van der Waals surface area contributed by atoms with Crippen LogP contribution in [0.4, 0.5) is 9.18 Å². The van der Waals surface area contributed by atoms with E-state index < -0.39 is 24.0 Å². The van der Waals surface area contributed by atoms with Gasteiger partial charge in [-0.2, -0.15) is 0 Å². The van der Waals surface area contributed by atoms with E-state index in [0.29, 0.717) is 18.9 Å². The lowest BCUT2D eigenvalue weighted by atomic mass is 10.1. The van der Waals surface area contributed by atoms with Gasteiger partial charge in [0.1, 0.15) is 12.4 Å². The number of carbonyl (C=O) groups is 2. The van der Waals surface area contributed by atoms with Gasteiger partial charge in [0, 0.05) is 19.6 Å². The number of hydrogen-bond acceptors (Lipinski definition) is 5. The van der Waals surface area contributed by atoms with E-state index in [0.717, 1.165) is 24.8 Å². The van der Waals surface area contributed by atoms with E-state index in [1.54, 1.807) is 37.3 Å². The number of benzene rings is 2. The molecule has 1 amide bonds. The van der Waals surface area contributed by atoms with Crippen LogP contribution in [0.1, 0.15) is 38.7 Å². The lowest BCUT2D eigenvalue weighted by molar-refractivity contribution is -0.149. The van der Waals surface area contributed by atoms with Crippen LogP contribution in [-0.2, 0) is 16.0 Å². The number of para-hydroxylation sites is 1. The molecule has 8 heteroatoms. The lowest BCUT2D eigenvalue weighted by Crippen LogP contribution is -2.37. The Balaban J connectivity index is 1.90. The Kier molecular flexibility index (Phi) is 11.2. The number of carboxylic acid groups (broad SMARTS) is 1. The van der Waals surface area contributed by atoms with Crippen LogP contribution in [0.2, 0.25) is 0 Å². The molecule has 0 spiro atoms. The van der Waals surface area contributed by atoms with Gasteiger partial charge in [-0.25, -0.2) is 14.0 Å². The van der Waals surface area contributed by atoms with Gasteiger partial charge in [-0.1, -0.05) is 44.0 Å². The standard InChI is InChI=1S/C25H32FNO6/c1-3-5-8-15-27(25(30)33-22-10-7-6-9-21(22)26)16-17-32-20-13-11-19(12-14-20)18-23(24(28)29)31-4-2/h6-7,9-14,23H,3-5,8,15-18H2,1-2H3,(H,28,29). The third kappa shape index (κ3) is 9.10. The van der Waals surface area contributed by atoms with E-state index in [4.69, 9.17) is 14.2 Å². The SMILES string of the molecule is CCCCCN(CCOc1ccc(CC(OCC)C(=O)O)cc1)C(=O)Oc1ccccc1F. The molecule has 2 rings (SSSR count). The summed E-state index contributed by atoms with van der Waals surface area (Å²) in [6.45, 7) is 5.15. The number of hydrogen-bond donors (Lipinski definition) is 1. The molecule has 0 bridgehead atoms. The van der Waals surface area contributed by atoms with E-state index in [2.05, 4.69) is 6.92 Å². The summed E-state index contributed by atoms with van der Waals surface area (Å²) in [6.07, 6.45) is 1.53. The second-order valence-corrected chi connectivity index (χ2v) is 7.47. The highest BCUT2D eigenvalue weighted by Gasteiger charge is 2.19. The van der Waals surface area contributed by atoms with Gasteiger partial charge in [0.25, 0.3) is 0 Å². The smallest absolute Gasteiger partial charge is 0.415 e. The number of nitrogens with zero attached hydrogens (tertiary/aromatic N) is 1. The quantitative estimate of drug-likeness (QED) is 0.402. The average molecular weight is 462 g/mol. The van der Waals surface area contributed by atoms with Crippen LogP contribution in [0.3, 0.4) is 0 Å². The fourth-order valence-electron chi connectivity index (χ4n) is 3.16. The van der Waals surface area contributed by atoms with Crippen molar-refractivity contribution in [3.8, 4) is 11.5 Å². The first kappa shape index (κ1) is 26.1. The third-order valence-electron chi connectivity index (χ3n) is 4.94. The molecule has 0 saturated heterocycles. The van der Waals surface area contributed by atoms with Gasteiger partial charge in [-0.3, -0.25) is 0 Å². The van der Waals surface area contributed by atoms with Gasteiger partial charge in [0.05, 0.1) is 6.54 Å². The Morgan fingerprint density at radius 2 is 1.76 bits per heavy atom. The molecule has 2 aromatic carbocycles. The number of amides is 1. The third-order valence-corrected chi connectivity index (χ3v) is 4.94. The summed E-state index contributed by atoms with van der Waals surface area (Å²) in [5.74, 6) is -1.10. The second-order valence-electron chi connectivity index (χ2n) is 7.47. The summed E-state index contributed by atoms with van der Waals surface area (Å²) in [5.41, 5.74) is 0.817. The normalized spacial score (nSPS) is 11.6. The Morgan fingerprint density at radius 3 is 2.39 bits per heavy atom. The first-order valence-electron chi connectivity index (χ1n) is 11.2. The van der Waals surface area contributed by atoms with E-state index in [-0.39, 0.29) is 25.3 Å². The number of unbranched alkanes of at least 4 members (excludes halogenated alkanes) is 2. The first-order chi connectivity index (χ1) is 15.9. The summed E-state index contributed by atoms with van der Waals surface area (Å²) >= 11 is 0. The van der Waals surface area contributed by atoms with Crippen LogP contribution in [-0.4, -0.2) is 54.5 Å². The molecule has 0 saturated carbocycles. The molecule has 0 fully saturated rings. The molecule has 7 nitrogen and oxygen atoms in total. The number of carbonyl (C=O) groups excluding carboxylic acids is 1. The van der Waals surface area contributed by atoms with Gasteiger partial charge in [-0.05, 0) is 43.2 Å². The van der Waals surface area contributed by atoms with Crippen molar-refractivity contribution in [2.24, 2.45) is 0 Å². The van der Waals surface area contributed by atoms with Gasteiger partial charge >= 0.3 is 12.1 Å². The van der Waals surface area contributed by atoms with Gasteiger partial charge in [0.2, 0.25) is 0 Å². The van der Waals surface area contributed by atoms with Crippen LogP contribution in [0.25, 0.3) is 0 Å². The molecule has 0 aliphatic heterocycles. The maximum absolute atomic E-state index is 13.8. The van der Waals surface area contributed by atoms with E-state index in [1.165, 1.54) is 23.1 Å². The Hall–Kier alpha value is -3.13.